The number of aliphatic imine (C=N–C) groups is 1. The maximum absolute atomic E-state index is 14.8. The highest BCUT2D eigenvalue weighted by Crippen LogP contribution is 2.37. The van der Waals surface area contributed by atoms with E-state index < -0.39 is 41.1 Å². The van der Waals surface area contributed by atoms with E-state index in [-0.39, 0.29) is 11.3 Å². The summed E-state index contributed by atoms with van der Waals surface area (Å²) in [5, 5.41) is 0. The van der Waals surface area contributed by atoms with Crippen molar-refractivity contribution >= 4 is 17.4 Å². The lowest BCUT2D eigenvalue weighted by atomic mass is 9.96. The number of rotatable bonds is 5. The summed E-state index contributed by atoms with van der Waals surface area (Å²) in [5.41, 5.74) is 7.86. The molecule has 6 heteroatoms. The summed E-state index contributed by atoms with van der Waals surface area (Å²) < 4.78 is 70.3. The molecule has 0 fully saturated rings. The molecule has 0 spiro atoms. The zero-order valence-corrected chi connectivity index (χ0v) is 20.1. The maximum atomic E-state index is 14.8. The van der Waals surface area contributed by atoms with Crippen molar-refractivity contribution in [3.63, 3.8) is 0 Å². The molecule has 0 bridgehead atoms. The van der Waals surface area contributed by atoms with Crippen LogP contribution in [-0.4, -0.2) is 5.71 Å². The molecule has 0 aliphatic carbocycles. The molecule has 0 radical (unpaired) electrons. The fourth-order valence-corrected chi connectivity index (χ4v) is 4.41. The summed E-state index contributed by atoms with van der Waals surface area (Å²) in [5.74, 6) is -6.92. The molecule has 1 nitrogen and oxygen atoms in total. The quantitative estimate of drug-likeness (QED) is 0.180. The largest absolute Gasteiger partial charge is 0.248 e. The molecule has 0 saturated heterocycles. The van der Waals surface area contributed by atoms with Crippen LogP contribution in [0, 0.1) is 44.0 Å². The van der Waals surface area contributed by atoms with E-state index in [0.29, 0.717) is 17.7 Å². The van der Waals surface area contributed by atoms with Crippen LogP contribution in [0.3, 0.4) is 0 Å². The number of allylic oxidation sites excluding steroid dienone is 4. The molecule has 1 aliphatic heterocycles. The maximum Gasteiger partial charge on any atom is 0.195 e. The van der Waals surface area contributed by atoms with Gasteiger partial charge in [-0.15, -0.1) is 5.73 Å². The van der Waals surface area contributed by atoms with E-state index in [1.807, 2.05) is 33.8 Å². The first-order valence-electron chi connectivity index (χ1n) is 10.9. The number of halogens is 5. The van der Waals surface area contributed by atoms with Crippen LogP contribution < -0.4 is 0 Å². The van der Waals surface area contributed by atoms with Crippen LogP contribution in [0.1, 0.15) is 60.6 Å². The normalized spacial score (nSPS) is 14.9. The topological polar surface area (TPSA) is 12.4 Å². The van der Waals surface area contributed by atoms with E-state index in [9.17, 15) is 22.0 Å². The van der Waals surface area contributed by atoms with Crippen molar-refractivity contribution in [2.24, 2.45) is 4.99 Å². The van der Waals surface area contributed by atoms with E-state index in [2.05, 4.69) is 22.9 Å². The molecule has 0 atom stereocenters. The summed E-state index contributed by atoms with van der Waals surface area (Å²) in [7, 11) is 0. The molecule has 1 aliphatic rings. The molecular formula is C28H26F5N. The smallest absolute Gasteiger partial charge is 0.195 e. The summed E-state index contributed by atoms with van der Waals surface area (Å²) in [6.45, 7) is 9.48. The van der Waals surface area contributed by atoms with Crippen LogP contribution in [0.4, 0.5) is 22.0 Å². The first-order valence-corrected chi connectivity index (χ1v) is 10.9. The van der Waals surface area contributed by atoms with E-state index >= 15 is 0 Å². The molecule has 34 heavy (non-hydrogen) atoms. The van der Waals surface area contributed by atoms with Crippen LogP contribution >= 0.6 is 0 Å². The average molecular weight is 472 g/mol. The summed E-state index contributed by atoms with van der Waals surface area (Å²) in [6, 6.07) is 4.16. The molecule has 3 rings (SSSR count). The number of nitrogens with zero attached hydrogens (tertiary/aromatic N) is 1. The van der Waals surface area contributed by atoms with Gasteiger partial charge in [-0.05, 0) is 80.5 Å². The number of hydrogen-bond acceptors (Lipinski definition) is 1. The Labute approximate surface area is 196 Å². The zero-order valence-electron chi connectivity index (χ0n) is 20.1. The SMILES string of the molecule is CCC1=C(C)/C(=C(/C)c2c(F)c(F)c(F)c(CF)c2F)N=C1C=C=Cc1c(C)cc(C)cc1C. The Bertz CT molecular complexity index is 1310. The minimum absolute atomic E-state index is 0.0374. The van der Waals surface area contributed by atoms with Gasteiger partial charge in [0.05, 0.1) is 22.5 Å². The highest BCUT2D eigenvalue weighted by Gasteiger charge is 2.29. The van der Waals surface area contributed by atoms with Crippen molar-refractivity contribution in [3.05, 3.63) is 97.4 Å². The predicted molar refractivity (Wildman–Crippen MR) is 127 cm³/mol. The van der Waals surface area contributed by atoms with E-state index in [1.165, 1.54) is 12.5 Å². The molecule has 178 valence electrons. The third-order valence-electron chi connectivity index (χ3n) is 6.11. The molecule has 1 heterocycles. The van der Waals surface area contributed by atoms with Crippen molar-refractivity contribution in [3.8, 4) is 0 Å². The van der Waals surface area contributed by atoms with Crippen molar-refractivity contribution in [1.82, 2.24) is 0 Å². The minimum Gasteiger partial charge on any atom is -0.248 e. The Kier molecular flexibility index (Phi) is 7.42. The number of hydrogen-bond donors (Lipinski definition) is 0. The first kappa shape index (κ1) is 25.4. The van der Waals surface area contributed by atoms with Gasteiger partial charge in [-0.2, -0.15) is 0 Å². The van der Waals surface area contributed by atoms with Crippen molar-refractivity contribution in [1.29, 1.82) is 0 Å². The van der Waals surface area contributed by atoms with Crippen molar-refractivity contribution in [2.45, 2.75) is 54.6 Å². The molecule has 2 aromatic rings. The van der Waals surface area contributed by atoms with Gasteiger partial charge in [0, 0.05) is 6.08 Å². The lowest BCUT2D eigenvalue weighted by molar-refractivity contribution is 0.392. The monoisotopic (exact) mass is 471 g/mol. The summed E-state index contributed by atoms with van der Waals surface area (Å²) in [4.78, 5) is 4.52. The van der Waals surface area contributed by atoms with Crippen LogP contribution in [0.5, 0.6) is 0 Å². The van der Waals surface area contributed by atoms with Gasteiger partial charge in [0.2, 0.25) is 0 Å². The minimum atomic E-state index is -1.91. The third kappa shape index (κ3) is 4.43. The van der Waals surface area contributed by atoms with Crippen LogP contribution in [-0.2, 0) is 6.67 Å². The number of benzene rings is 2. The van der Waals surface area contributed by atoms with Gasteiger partial charge in [0.15, 0.2) is 17.5 Å². The van der Waals surface area contributed by atoms with Gasteiger partial charge in [-0.3, -0.25) is 0 Å². The van der Waals surface area contributed by atoms with Gasteiger partial charge >= 0.3 is 0 Å². The second kappa shape index (κ2) is 9.94. The Morgan fingerprint density at radius 1 is 0.912 bits per heavy atom. The molecule has 0 aromatic heterocycles. The Hall–Kier alpha value is -3.24. The second-order valence-corrected chi connectivity index (χ2v) is 8.44. The highest BCUT2D eigenvalue weighted by atomic mass is 19.2. The first-order chi connectivity index (χ1) is 16.0. The van der Waals surface area contributed by atoms with Crippen LogP contribution in [0.15, 0.2) is 45.8 Å². The molecule has 0 N–H and O–H groups in total. The number of alkyl halides is 1. The van der Waals surface area contributed by atoms with E-state index in [0.717, 1.165) is 22.3 Å². The van der Waals surface area contributed by atoms with Crippen molar-refractivity contribution in [2.75, 3.05) is 0 Å². The Morgan fingerprint density at radius 2 is 1.53 bits per heavy atom. The zero-order chi connectivity index (χ0) is 25.3. The Morgan fingerprint density at radius 3 is 2.09 bits per heavy atom. The lowest BCUT2D eigenvalue weighted by Crippen LogP contribution is -2.07. The summed E-state index contributed by atoms with van der Waals surface area (Å²) in [6.07, 6.45) is 4.12. The average Bonchev–Trinajstić information content (AvgIpc) is 3.09. The van der Waals surface area contributed by atoms with Gasteiger partial charge < -0.3 is 0 Å². The molecular weight excluding hydrogens is 445 g/mol. The molecule has 0 saturated carbocycles. The van der Waals surface area contributed by atoms with E-state index in [4.69, 9.17) is 0 Å². The molecule has 2 aromatic carbocycles. The molecule has 0 amide bonds. The van der Waals surface area contributed by atoms with Crippen LogP contribution in [0.2, 0.25) is 0 Å². The second-order valence-electron chi connectivity index (χ2n) is 8.44. The van der Waals surface area contributed by atoms with Gasteiger partial charge in [-0.25, -0.2) is 26.9 Å². The van der Waals surface area contributed by atoms with Gasteiger partial charge in [-0.1, -0.05) is 24.6 Å². The summed E-state index contributed by atoms with van der Waals surface area (Å²) >= 11 is 0. The number of aryl methyl sites for hydroxylation is 3. The Balaban J connectivity index is 2.16. The standard InChI is InChI=1S/C28H26F5N/c1-7-19-17(5)28(18(6)23-24(30)21(13-29)25(31)27(33)26(23)32)34-22(19)10-8-9-20-15(3)11-14(2)12-16(20)4/h9-12H,7,13H2,1-6H3/b28-18+. The van der Waals surface area contributed by atoms with Gasteiger partial charge in [0.1, 0.15) is 12.5 Å². The van der Waals surface area contributed by atoms with Gasteiger partial charge in [0.25, 0.3) is 0 Å². The van der Waals surface area contributed by atoms with Crippen LogP contribution in [0.25, 0.3) is 11.6 Å². The fraction of sp³-hybridized carbons (Fsp3) is 0.286. The van der Waals surface area contributed by atoms with Crippen molar-refractivity contribution < 1.29 is 22.0 Å². The highest BCUT2D eigenvalue weighted by molar-refractivity contribution is 6.13. The van der Waals surface area contributed by atoms with E-state index in [1.54, 1.807) is 13.0 Å². The third-order valence-corrected chi connectivity index (χ3v) is 6.11. The fourth-order valence-electron chi connectivity index (χ4n) is 4.41. The predicted octanol–water partition coefficient (Wildman–Crippen LogP) is 8.42. The lowest BCUT2D eigenvalue weighted by Gasteiger charge is -2.13. The molecule has 0 unspecified atom stereocenters.